The van der Waals surface area contributed by atoms with Crippen molar-refractivity contribution in [1.29, 1.82) is 0 Å². The van der Waals surface area contributed by atoms with Crippen LogP contribution in [0.5, 0.6) is 5.75 Å². The van der Waals surface area contributed by atoms with Gasteiger partial charge in [0.1, 0.15) is 5.75 Å². The molecular weight excluding hydrogens is 390 g/mol. The number of hydrogen-bond donors (Lipinski definition) is 2. The highest BCUT2D eigenvalue weighted by atomic mass is 35.5. The lowest BCUT2D eigenvalue weighted by Crippen LogP contribution is -2.34. The van der Waals surface area contributed by atoms with Crippen LogP contribution in [0.3, 0.4) is 0 Å². The van der Waals surface area contributed by atoms with Crippen LogP contribution >= 0.6 is 11.6 Å². The quantitative estimate of drug-likeness (QED) is 0.524. The van der Waals surface area contributed by atoms with Gasteiger partial charge in [0.2, 0.25) is 0 Å². The maximum absolute atomic E-state index is 12.2. The van der Waals surface area contributed by atoms with Crippen LogP contribution in [-0.2, 0) is 17.6 Å². The van der Waals surface area contributed by atoms with E-state index in [4.69, 9.17) is 21.1 Å². The van der Waals surface area contributed by atoms with Gasteiger partial charge >= 0.3 is 5.97 Å². The fraction of sp³-hybridized carbons (Fsp3) is 0.435. The van der Waals surface area contributed by atoms with Crippen LogP contribution in [0.25, 0.3) is 0 Å². The number of benzene rings is 2. The molecule has 0 radical (unpaired) electrons. The lowest BCUT2D eigenvalue weighted by atomic mass is 9.97. The summed E-state index contributed by atoms with van der Waals surface area (Å²) in [6, 6.07) is 11.2. The summed E-state index contributed by atoms with van der Waals surface area (Å²) in [5, 5.41) is 14.6. The molecule has 2 aromatic carbocycles. The predicted octanol–water partition coefficient (Wildman–Crippen LogP) is 4.10. The molecular formula is C23H28ClNO4. The first-order chi connectivity index (χ1) is 14.0. The molecule has 0 fully saturated rings. The minimum atomic E-state index is -0.628. The second kappa shape index (κ2) is 10.1. The van der Waals surface area contributed by atoms with E-state index in [-0.39, 0.29) is 12.0 Å². The first-order valence-corrected chi connectivity index (χ1v) is 10.4. The zero-order valence-electron chi connectivity index (χ0n) is 16.9. The SMILES string of the molecule is CCOC(=O)c1cc2c(c(OC)c1)CCCC(NC[C@H](O)c1cccc(Cl)c1)C2. The Hall–Kier alpha value is -2.08. The molecule has 156 valence electrons. The van der Waals surface area contributed by atoms with Crippen LogP contribution in [0.1, 0.15) is 52.9 Å². The van der Waals surface area contributed by atoms with Gasteiger partial charge in [0, 0.05) is 17.6 Å². The van der Waals surface area contributed by atoms with E-state index in [1.165, 1.54) is 0 Å². The van der Waals surface area contributed by atoms with Gasteiger partial charge in [-0.05, 0) is 73.6 Å². The summed E-state index contributed by atoms with van der Waals surface area (Å²) in [7, 11) is 1.63. The minimum absolute atomic E-state index is 0.201. The number of carbonyl (C=O) groups is 1. The molecule has 0 aliphatic heterocycles. The number of aliphatic hydroxyl groups is 1. The smallest absolute Gasteiger partial charge is 0.338 e. The fourth-order valence-corrected chi connectivity index (χ4v) is 4.06. The van der Waals surface area contributed by atoms with Crippen LogP contribution in [0.2, 0.25) is 5.02 Å². The standard InChI is InChI=1S/C23H28ClNO4/c1-3-29-23(27)17-10-16-12-19(8-5-9-20(16)22(13-17)28-2)25-14-21(26)15-6-4-7-18(24)11-15/h4,6-7,10-11,13,19,21,25-26H,3,5,8-9,12,14H2,1-2H3/t19?,21-/m0/s1. The second-order valence-electron chi connectivity index (χ2n) is 7.31. The summed E-state index contributed by atoms with van der Waals surface area (Å²) >= 11 is 6.03. The van der Waals surface area contributed by atoms with Crippen LogP contribution in [0, 0.1) is 0 Å². The van der Waals surface area contributed by atoms with E-state index in [2.05, 4.69) is 5.32 Å². The molecule has 3 rings (SSSR count). The molecule has 0 amide bonds. The Morgan fingerprint density at radius 3 is 2.90 bits per heavy atom. The normalized spacial score (nSPS) is 17.2. The lowest BCUT2D eigenvalue weighted by molar-refractivity contribution is 0.0525. The van der Waals surface area contributed by atoms with E-state index in [1.54, 1.807) is 32.2 Å². The molecule has 2 N–H and O–H groups in total. The van der Waals surface area contributed by atoms with Crippen LogP contribution in [0.15, 0.2) is 36.4 Å². The van der Waals surface area contributed by atoms with Gasteiger partial charge in [-0.25, -0.2) is 4.79 Å². The van der Waals surface area contributed by atoms with Crippen molar-refractivity contribution in [3.8, 4) is 5.75 Å². The van der Waals surface area contributed by atoms with Crippen LogP contribution < -0.4 is 10.1 Å². The number of esters is 1. The van der Waals surface area contributed by atoms with Gasteiger partial charge in [-0.15, -0.1) is 0 Å². The average molecular weight is 418 g/mol. The molecule has 2 aromatic rings. The number of aliphatic hydroxyl groups excluding tert-OH is 1. The summed E-state index contributed by atoms with van der Waals surface area (Å²) in [4.78, 5) is 12.2. The second-order valence-corrected chi connectivity index (χ2v) is 7.75. The van der Waals surface area contributed by atoms with Gasteiger partial charge in [-0.2, -0.15) is 0 Å². The summed E-state index contributed by atoms with van der Waals surface area (Å²) in [5.41, 5.74) is 3.56. The highest BCUT2D eigenvalue weighted by Crippen LogP contribution is 2.31. The number of methoxy groups -OCH3 is 1. The number of fused-ring (bicyclic) bond motifs is 1. The third-order valence-electron chi connectivity index (χ3n) is 5.31. The first kappa shape index (κ1) is 21.6. The van der Waals surface area contributed by atoms with E-state index in [9.17, 15) is 9.90 Å². The molecule has 1 unspecified atom stereocenters. The van der Waals surface area contributed by atoms with Crippen molar-refractivity contribution in [2.75, 3.05) is 20.3 Å². The molecule has 0 heterocycles. The molecule has 0 saturated heterocycles. The molecule has 5 nitrogen and oxygen atoms in total. The van der Waals surface area contributed by atoms with Gasteiger partial charge in [0.15, 0.2) is 0 Å². The minimum Gasteiger partial charge on any atom is -0.496 e. The van der Waals surface area contributed by atoms with E-state index in [0.717, 1.165) is 48.1 Å². The molecule has 0 spiro atoms. The summed E-state index contributed by atoms with van der Waals surface area (Å²) < 4.78 is 10.7. The van der Waals surface area contributed by atoms with E-state index in [1.807, 2.05) is 18.2 Å². The highest BCUT2D eigenvalue weighted by Gasteiger charge is 2.23. The van der Waals surface area contributed by atoms with Crippen LogP contribution in [-0.4, -0.2) is 37.4 Å². The molecule has 1 aliphatic rings. The van der Waals surface area contributed by atoms with Gasteiger partial charge in [0.05, 0.1) is 25.4 Å². The van der Waals surface area contributed by atoms with Crippen molar-refractivity contribution < 1.29 is 19.4 Å². The molecule has 0 aromatic heterocycles. The van der Waals surface area contributed by atoms with Crippen molar-refractivity contribution in [2.45, 2.75) is 44.8 Å². The Morgan fingerprint density at radius 1 is 1.34 bits per heavy atom. The first-order valence-electron chi connectivity index (χ1n) is 10.1. The average Bonchev–Trinajstić information content (AvgIpc) is 2.93. The number of rotatable bonds is 7. The van der Waals surface area contributed by atoms with Crippen molar-refractivity contribution in [1.82, 2.24) is 5.32 Å². The van der Waals surface area contributed by atoms with Gasteiger partial charge < -0.3 is 19.9 Å². The Balaban J connectivity index is 1.73. The Labute approximate surface area is 177 Å². The fourth-order valence-electron chi connectivity index (χ4n) is 3.86. The Bertz CT molecular complexity index is 855. The number of nitrogens with one attached hydrogen (secondary N) is 1. The lowest BCUT2D eigenvalue weighted by Gasteiger charge is -2.20. The van der Waals surface area contributed by atoms with E-state index >= 15 is 0 Å². The van der Waals surface area contributed by atoms with Crippen molar-refractivity contribution in [3.63, 3.8) is 0 Å². The molecule has 0 saturated carbocycles. The number of hydrogen-bond acceptors (Lipinski definition) is 5. The third-order valence-corrected chi connectivity index (χ3v) is 5.55. The Kier molecular flexibility index (Phi) is 7.53. The van der Waals surface area contributed by atoms with Crippen molar-refractivity contribution in [3.05, 3.63) is 63.7 Å². The third kappa shape index (κ3) is 5.50. The molecule has 29 heavy (non-hydrogen) atoms. The summed E-state index contributed by atoms with van der Waals surface area (Å²) in [5.74, 6) is 0.406. The highest BCUT2D eigenvalue weighted by molar-refractivity contribution is 6.30. The molecule has 0 bridgehead atoms. The number of ether oxygens (including phenoxy) is 2. The number of carbonyl (C=O) groups excluding carboxylic acids is 1. The van der Waals surface area contributed by atoms with Gasteiger partial charge in [-0.1, -0.05) is 23.7 Å². The van der Waals surface area contributed by atoms with Gasteiger partial charge in [-0.3, -0.25) is 0 Å². The largest absolute Gasteiger partial charge is 0.496 e. The predicted molar refractivity (Wildman–Crippen MR) is 114 cm³/mol. The number of halogens is 1. The molecule has 6 heteroatoms. The topological polar surface area (TPSA) is 67.8 Å². The zero-order valence-corrected chi connectivity index (χ0v) is 17.7. The monoisotopic (exact) mass is 417 g/mol. The van der Waals surface area contributed by atoms with E-state index in [0.29, 0.717) is 23.7 Å². The Morgan fingerprint density at radius 2 is 2.17 bits per heavy atom. The molecule has 1 aliphatic carbocycles. The summed E-state index contributed by atoms with van der Waals surface area (Å²) in [6.45, 7) is 2.57. The van der Waals surface area contributed by atoms with Gasteiger partial charge in [0.25, 0.3) is 0 Å². The van der Waals surface area contributed by atoms with Crippen molar-refractivity contribution >= 4 is 17.6 Å². The maximum atomic E-state index is 12.2. The van der Waals surface area contributed by atoms with Crippen LogP contribution in [0.4, 0.5) is 0 Å². The van der Waals surface area contributed by atoms with E-state index < -0.39 is 6.10 Å². The maximum Gasteiger partial charge on any atom is 0.338 e. The summed E-state index contributed by atoms with van der Waals surface area (Å²) in [6.07, 6.45) is 3.02. The molecule has 2 atom stereocenters. The van der Waals surface area contributed by atoms with Crippen molar-refractivity contribution in [2.24, 2.45) is 0 Å². The zero-order chi connectivity index (χ0) is 20.8.